The molecule has 2 N–H and O–H groups in total. The van der Waals surface area contributed by atoms with Crippen molar-refractivity contribution in [3.63, 3.8) is 0 Å². The Morgan fingerprint density at radius 3 is 2.47 bits per heavy atom. The van der Waals surface area contributed by atoms with E-state index in [0.29, 0.717) is 29.7 Å². The number of aliphatic carboxylic acids is 1. The van der Waals surface area contributed by atoms with Gasteiger partial charge in [-0.15, -0.1) is 0 Å². The molecule has 4 rings (SSSR count). The molecule has 0 aromatic carbocycles. The fraction of sp³-hybridized carbons (Fsp3) is 0.760. The standard InChI is InChI=1S/C25H37NO3.Na.H/c1-23(2,3)26-21(27)20-9-8-18-17-7-6-16-14-15(22(28)29)10-12-24(16,4)19(17)11-13-25(18,20)5;;/h6,14,17-20H,7-13H2,1-5H3,(H,26,27)(H,28,29);;/q;+1;-1/t17-,18-,19+,20?,24-,25-;;/m0../s1. The second-order valence-electron chi connectivity index (χ2n) is 11.6. The number of carboxylic acids is 1. The average Bonchev–Trinajstić information content (AvgIpc) is 2.96. The van der Waals surface area contributed by atoms with Crippen molar-refractivity contribution in [3.8, 4) is 0 Å². The van der Waals surface area contributed by atoms with Crippen LogP contribution in [0.5, 0.6) is 0 Å². The van der Waals surface area contributed by atoms with Crippen molar-refractivity contribution >= 4 is 11.9 Å². The molecule has 5 heteroatoms. The van der Waals surface area contributed by atoms with Gasteiger partial charge in [0.05, 0.1) is 0 Å². The van der Waals surface area contributed by atoms with E-state index in [1.165, 1.54) is 5.57 Å². The predicted octanol–water partition coefficient (Wildman–Crippen LogP) is 2.22. The van der Waals surface area contributed by atoms with Gasteiger partial charge in [0, 0.05) is 17.0 Å². The van der Waals surface area contributed by atoms with E-state index >= 15 is 0 Å². The molecule has 0 bridgehead atoms. The molecule has 0 aliphatic heterocycles. The van der Waals surface area contributed by atoms with E-state index in [9.17, 15) is 14.7 Å². The molecular formula is C25H38NNaO3. The summed E-state index contributed by atoms with van der Waals surface area (Å²) < 4.78 is 0. The number of allylic oxidation sites excluding steroid dienone is 3. The number of amides is 1. The van der Waals surface area contributed by atoms with Gasteiger partial charge in [-0.05, 0) is 106 Å². The van der Waals surface area contributed by atoms with Crippen molar-refractivity contribution in [3.05, 3.63) is 23.3 Å². The van der Waals surface area contributed by atoms with Gasteiger partial charge in [-0.25, -0.2) is 4.79 Å². The van der Waals surface area contributed by atoms with Gasteiger partial charge in [0.1, 0.15) is 0 Å². The molecule has 0 heterocycles. The van der Waals surface area contributed by atoms with E-state index in [4.69, 9.17) is 0 Å². The summed E-state index contributed by atoms with van der Waals surface area (Å²) in [5.74, 6) is 1.42. The van der Waals surface area contributed by atoms with Crippen molar-refractivity contribution in [2.75, 3.05) is 0 Å². The van der Waals surface area contributed by atoms with Crippen LogP contribution in [0.25, 0.3) is 0 Å². The van der Waals surface area contributed by atoms with Gasteiger partial charge in [0.15, 0.2) is 0 Å². The van der Waals surface area contributed by atoms with Gasteiger partial charge in [0.25, 0.3) is 0 Å². The first-order valence-corrected chi connectivity index (χ1v) is 11.4. The summed E-state index contributed by atoms with van der Waals surface area (Å²) in [4.78, 5) is 24.6. The molecule has 0 aromatic rings. The molecule has 1 unspecified atom stereocenters. The molecule has 0 spiro atoms. The van der Waals surface area contributed by atoms with Gasteiger partial charge >= 0.3 is 35.5 Å². The molecule has 4 nitrogen and oxygen atoms in total. The Labute approximate surface area is 205 Å². The van der Waals surface area contributed by atoms with Crippen LogP contribution in [-0.4, -0.2) is 22.5 Å². The molecular weight excluding hydrogens is 385 g/mol. The minimum absolute atomic E-state index is 0. The number of carboxylic acid groups (broad SMARTS) is 1. The van der Waals surface area contributed by atoms with Crippen molar-refractivity contribution in [1.82, 2.24) is 5.32 Å². The Morgan fingerprint density at radius 1 is 1.13 bits per heavy atom. The zero-order valence-corrected chi connectivity index (χ0v) is 21.7. The first-order chi connectivity index (χ1) is 13.5. The first-order valence-electron chi connectivity index (χ1n) is 11.4. The summed E-state index contributed by atoms with van der Waals surface area (Å²) in [7, 11) is 0. The van der Waals surface area contributed by atoms with Gasteiger partial charge in [-0.3, -0.25) is 4.79 Å². The second-order valence-corrected chi connectivity index (χ2v) is 11.6. The molecule has 30 heavy (non-hydrogen) atoms. The van der Waals surface area contributed by atoms with Gasteiger partial charge in [-0.1, -0.05) is 19.9 Å². The SMILES string of the molecule is CC(C)(C)NC(=O)C1CC[C@H]2[C@@H]3CC=C4C=C(C(=O)O)CC[C@]4(C)[C@@H]3CC[C@]12C.[H-].[Na+]. The summed E-state index contributed by atoms with van der Waals surface area (Å²) in [6.07, 6.45) is 11.4. The maximum Gasteiger partial charge on any atom is 1.00 e. The number of carbonyl (C=O) groups excluding carboxylic acids is 1. The third kappa shape index (κ3) is 3.86. The summed E-state index contributed by atoms with van der Waals surface area (Å²) in [5, 5.41) is 12.7. The van der Waals surface area contributed by atoms with Crippen molar-refractivity contribution in [2.45, 2.75) is 85.1 Å². The van der Waals surface area contributed by atoms with Crippen LogP contribution in [0.1, 0.15) is 81.0 Å². The number of rotatable bonds is 2. The third-order valence-electron chi connectivity index (χ3n) is 8.86. The molecule has 4 aliphatic carbocycles. The zero-order chi connectivity index (χ0) is 21.2. The largest absolute Gasteiger partial charge is 1.00 e. The molecule has 0 aromatic heterocycles. The fourth-order valence-corrected chi connectivity index (χ4v) is 7.38. The van der Waals surface area contributed by atoms with Gasteiger partial charge in [-0.2, -0.15) is 0 Å². The monoisotopic (exact) mass is 423 g/mol. The number of fused-ring (bicyclic) bond motifs is 5. The number of nitrogens with one attached hydrogen (secondary N) is 1. The Kier molecular flexibility index (Phi) is 6.48. The van der Waals surface area contributed by atoms with E-state index in [2.05, 4.69) is 46.0 Å². The summed E-state index contributed by atoms with van der Waals surface area (Å²) in [6.45, 7) is 10.9. The molecule has 0 saturated heterocycles. The maximum absolute atomic E-state index is 13.1. The number of hydrogen-bond donors (Lipinski definition) is 2. The van der Waals surface area contributed by atoms with Crippen molar-refractivity contribution in [2.24, 2.45) is 34.5 Å². The van der Waals surface area contributed by atoms with Gasteiger partial charge < -0.3 is 11.8 Å². The Bertz CT molecular complexity index is 801. The minimum atomic E-state index is -0.769. The Morgan fingerprint density at radius 2 is 1.83 bits per heavy atom. The molecule has 1 amide bonds. The average molecular weight is 424 g/mol. The molecule has 162 valence electrons. The van der Waals surface area contributed by atoms with Crippen LogP contribution in [0.3, 0.4) is 0 Å². The van der Waals surface area contributed by atoms with Crippen LogP contribution in [0, 0.1) is 34.5 Å². The minimum Gasteiger partial charge on any atom is -1.00 e. The summed E-state index contributed by atoms with van der Waals surface area (Å²) in [6, 6.07) is 0. The summed E-state index contributed by atoms with van der Waals surface area (Å²) >= 11 is 0. The summed E-state index contributed by atoms with van der Waals surface area (Å²) in [5.41, 5.74) is 1.82. The van der Waals surface area contributed by atoms with Crippen LogP contribution in [0.15, 0.2) is 23.3 Å². The molecule has 6 atom stereocenters. The zero-order valence-electron chi connectivity index (χ0n) is 20.7. The normalized spacial score (nSPS) is 40.0. The first kappa shape index (κ1) is 24.1. The van der Waals surface area contributed by atoms with Crippen molar-refractivity contribution < 1.29 is 45.7 Å². The van der Waals surface area contributed by atoms with Crippen LogP contribution >= 0.6 is 0 Å². The van der Waals surface area contributed by atoms with E-state index in [1.54, 1.807) is 0 Å². The molecule has 2 saturated carbocycles. The van der Waals surface area contributed by atoms with Crippen molar-refractivity contribution in [1.29, 1.82) is 0 Å². The van der Waals surface area contributed by atoms with E-state index < -0.39 is 5.97 Å². The van der Waals surface area contributed by atoms with E-state index in [0.717, 1.165) is 38.5 Å². The van der Waals surface area contributed by atoms with Gasteiger partial charge in [0.2, 0.25) is 5.91 Å². The molecule has 4 aliphatic rings. The number of carbonyl (C=O) groups is 2. The van der Waals surface area contributed by atoms with Crippen LogP contribution in [0.2, 0.25) is 0 Å². The van der Waals surface area contributed by atoms with E-state index in [1.807, 2.05) is 6.08 Å². The number of hydrogen-bond acceptors (Lipinski definition) is 2. The van der Waals surface area contributed by atoms with E-state index in [-0.39, 0.29) is 59.2 Å². The Balaban J connectivity index is 0.00000171. The second kappa shape index (κ2) is 8.08. The van der Waals surface area contributed by atoms with Crippen LogP contribution in [-0.2, 0) is 9.59 Å². The van der Waals surface area contributed by atoms with Crippen LogP contribution in [0.4, 0.5) is 0 Å². The predicted molar refractivity (Wildman–Crippen MR) is 115 cm³/mol. The smallest absolute Gasteiger partial charge is 1.00 e. The Hall–Kier alpha value is -0.580. The molecule has 2 fully saturated rings. The van der Waals surface area contributed by atoms with Crippen LogP contribution < -0.4 is 34.9 Å². The topological polar surface area (TPSA) is 66.4 Å². The molecule has 0 radical (unpaired) electrons. The third-order valence-corrected chi connectivity index (χ3v) is 8.86. The maximum atomic E-state index is 13.1. The quantitative estimate of drug-likeness (QED) is 0.670. The fourth-order valence-electron chi connectivity index (χ4n) is 7.38.